The van der Waals surface area contributed by atoms with Crippen LogP contribution in [0, 0.1) is 13.8 Å². The first-order chi connectivity index (χ1) is 11.3. The number of rotatable bonds is 5. The molecule has 0 spiro atoms. The summed E-state index contributed by atoms with van der Waals surface area (Å²) in [5, 5.41) is 2.94. The standard InChI is InChI=1S/C18H18BrNO2/c1-11-4-5-13(8-9-21)17(20-3)16(11)18(22)14-6-7-15(19)12(2)10-14/h4-7,9-10,20H,8H2,1-3H3/i4D,5D. The van der Waals surface area contributed by atoms with E-state index in [4.69, 9.17) is 2.74 Å². The molecule has 114 valence electrons. The normalized spacial score (nSPS) is 11.6. The summed E-state index contributed by atoms with van der Waals surface area (Å²) in [5.41, 5.74) is 3.04. The van der Waals surface area contributed by atoms with Crippen molar-refractivity contribution < 1.29 is 12.3 Å². The Morgan fingerprint density at radius 2 is 2.05 bits per heavy atom. The number of ketones is 1. The van der Waals surface area contributed by atoms with E-state index in [1.807, 2.05) is 13.0 Å². The number of nitrogens with one attached hydrogen (secondary N) is 1. The Balaban J connectivity index is 2.74. The summed E-state index contributed by atoms with van der Waals surface area (Å²) in [7, 11) is 1.65. The zero-order valence-corrected chi connectivity index (χ0v) is 14.3. The molecule has 0 saturated heterocycles. The Labute approximate surface area is 141 Å². The van der Waals surface area contributed by atoms with E-state index in [1.54, 1.807) is 26.1 Å². The van der Waals surface area contributed by atoms with Crippen LogP contribution in [0.5, 0.6) is 0 Å². The van der Waals surface area contributed by atoms with Crippen molar-refractivity contribution in [3.63, 3.8) is 0 Å². The Bertz CT molecular complexity index is 834. The van der Waals surface area contributed by atoms with Crippen molar-refractivity contribution in [2.24, 2.45) is 0 Å². The molecule has 2 aromatic rings. The van der Waals surface area contributed by atoms with E-state index in [0.717, 1.165) is 10.0 Å². The third kappa shape index (κ3) is 3.12. The average molecular weight is 362 g/mol. The molecular weight excluding hydrogens is 342 g/mol. The Morgan fingerprint density at radius 3 is 2.64 bits per heavy atom. The van der Waals surface area contributed by atoms with E-state index in [0.29, 0.717) is 34.2 Å². The fourth-order valence-corrected chi connectivity index (χ4v) is 2.61. The van der Waals surface area contributed by atoms with Gasteiger partial charge in [0, 0.05) is 34.8 Å². The molecule has 1 N–H and O–H groups in total. The number of carbonyl (C=O) groups excluding carboxylic acids is 2. The number of anilines is 1. The quantitative estimate of drug-likeness (QED) is 0.644. The van der Waals surface area contributed by atoms with Crippen LogP contribution in [0.3, 0.4) is 0 Å². The molecule has 0 radical (unpaired) electrons. The summed E-state index contributed by atoms with van der Waals surface area (Å²) in [6.07, 6.45) is 0.668. The van der Waals surface area contributed by atoms with Crippen molar-refractivity contribution in [3.8, 4) is 0 Å². The lowest BCUT2D eigenvalue weighted by atomic mass is 9.93. The molecule has 4 heteroatoms. The first kappa shape index (κ1) is 13.7. The predicted octanol–water partition coefficient (Wildman–Crippen LogP) is 4.08. The van der Waals surface area contributed by atoms with Crippen LogP contribution in [0.1, 0.15) is 35.4 Å². The van der Waals surface area contributed by atoms with Gasteiger partial charge >= 0.3 is 0 Å². The van der Waals surface area contributed by atoms with Gasteiger partial charge in [0.1, 0.15) is 6.29 Å². The number of aryl methyl sites for hydroxylation is 1. The van der Waals surface area contributed by atoms with Gasteiger partial charge in [-0.3, -0.25) is 4.79 Å². The smallest absolute Gasteiger partial charge is 0.195 e. The second-order valence-corrected chi connectivity index (χ2v) is 5.87. The maximum absolute atomic E-state index is 13.0. The molecule has 0 heterocycles. The zero-order chi connectivity index (χ0) is 18.0. The first-order valence-corrected chi connectivity index (χ1v) is 7.67. The second-order valence-electron chi connectivity index (χ2n) is 5.02. The van der Waals surface area contributed by atoms with Crippen molar-refractivity contribution >= 4 is 33.7 Å². The molecular formula is C18H18BrNO2. The van der Waals surface area contributed by atoms with Gasteiger partial charge in [0.05, 0.1) is 2.74 Å². The van der Waals surface area contributed by atoms with Gasteiger partial charge in [-0.15, -0.1) is 0 Å². The van der Waals surface area contributed by atoms with Crippen molar-refractivity contribution in [2.75, 3.05) is 12.4 Å². The molecule has 2 rings (SSSR count). The third-order valence-corrected chi connectivity index (χ3v) is 4.40. The van der Waals surface area contributed by atoms with Gasteiger partial charge in [-0.25, -0.2) is 0 Å². The van der Waals surface area contributed by atoms with Crippen molar-refractivity contribution in [1.29, 1.82) is 0 Å². The highest BCUT2D eigenvalue weighted by atomic mass is 79.9. The van der Waals surface area contributed by atoms with Gasteiger partial charge in [-0.1, -0.05) is 28.0 Å². The number of aldehydes is 1. The summed E-state index contributed by atoms with van der Waals surface area (Å²) in [5.74, 6) is -0.229. The lowest BCUT2D eigenvalue weighted by Crippen LogP contribution is -2.10. The van der Waals surface area contributed by atoms with Crippen LogP contribution in [0.25, 0.3) is 0 Å². The van der Waals surface area contributed by atoms with Crippen LogP contribution in [-0.2, 0) is 11.2 Å². The molecule has 0 saturated carbocycles. The van der Waals surface area contributed by atoms with Crippen LogP contribution in [0.2, 0.25) is 0 Å². The van der Waals surface area contributed by atoms with Gasteiger partial charge in [0.2, 0.25) is 0 Å². The highest BCUT2D eigenvalue weighted by Gasteiger charge is 2.19. The van der Waals surface area contributed by atoms with Gasteiger partial charge in [-0.05, 0) is 48.7 Å². The molecule has 2 aromatic carbocycles. The minimum atomic E-state index is -0.229. The predicted molar refractivity (Wildman–Crippen MR) is 92.8 cm³/mol. The molecule has 0 aliphatic rings. The van der Waals surface area contributed by atoms with E-state index in [9.17, 15) is 9.59 Å². The molecule has 0 aliphatic heterocycles. The highest BCUT2D eigenvalue weighted by Crippen LogP contribution is 2.28. The SMILES string of the molecule is [2H]c1c([2H])c(CC=O)c(NC)c(C(=O)c2ccc(Br)c(C)c2)c1C. The first-order valence-electron chi connectivity index (χ1n) is 7.88. The Kier molecular flexibility index (Phi) is 4.29. The molecule has 3 nitrogen and oxygen atoms in total. The van der Waals surface area contributed by atoms with Gasteiger partial charge < -0.3 is 10.1 Å². The summed E-state index contributed by atoms with van der Waals surface area (Å²) >= 11 is 3.41. The molecule has 0 bridgehead atoms. The van der Waals surface area contributed by atoms with Gasteiger partial charge in [0.25, 0.3) is 0 Å². The van der Waals surface area contributed by atoms with Crippen LogP contribution in [-0.4, -0.2) is 19.1 Å². The summed E-state index contributed by atoms with van der Waals surface area (Å²) in [6, 6.07) is 5.26. The number of hydrogen-bond acceptors (Lipinski definition) is 3. The fourth-order valence-electron chi connectivity index (χ4n) is 2.36. The molecule has 0 fully saturated rings. The third-order valence-electron chi connectivity index (χ3n) is 3.51. The number of hydrogen-bond donors (Lipinski definition) is 1. The van der Waals surface area contributed by atoms with E-state index in [1.165, 1.54) is 0 Å². The lowest BCUT2D eigenvalue weighted by Gasteiger charge is -2.15. The van der Waals surface area contributed by atoms with E-state index in [-0.39, 0.29) is 24.3 Å². The minimum absolute atomic E-state index is 0.0131. The number of carbonyl (C=O) groups is 2. The van der Waals surface area contributed by atoms with Crippen molar-refractivity contribution in [3.05, 3.63) is 62.6 Å². The summed E-state index contributed by atoms with van der Waals surface area (Å²) in [4.78, 5) is 24.0. The molecule has 0 aromatic heterocycles. The fraction of sp³-hybridized carbons (Fsp3) is 0.222. The molecule has 0 atom stereocenters. The van der Waals surface area contributed by atoms with Crippen LogP contribution in [0.4, 0.5) is 5.69 Å². The lowest BCUT2D eigenvalue weighted by molar-refractivity contribution is -0.107. The monoisotopic (exact) mass is 361 g/mol. The minimum Gasteiger partial charge on any atom is -0.387 e. The molecule has 0 aliphatic carbocycles. The molecule has 22 heavy (non-hydrogen) atoms. The number of halogens is 1. The Hall–Kier alpha value is -1.94. The summed E-state index contributed by atoms with van der Waals surface area (Å²) in [6.45, 7) is 3.55. The number of benzene rings is 2. The van der Waals surface area contributed by atoms with Crippen molar-refractivity contribution in [1.82, 2.24) is 0 Å². The van der Waals surface area contributed by atoms with E-state index in [2.05, 4.69) is 21.2 Å². The van der Waals surface area contributed by atoms with Gasteiger partial charge in [0.15, 0.2) is 5.78 Å². The Morgan fingerprint density at radius 1 is 1.32 bits per heavy atom. The van der Waals surface area contributed by atoms with Crippen LogP contribution < -0.4 is 5.32 Å². The summed E-state index contributed by atoms with van der Waals surface area (Å²) < 4.78 is 17.1. The van der Waals surface area contributed by atoms with Gasteiger partial charge in [-0.2, -0.15) is 0 Å². The topological polar surface area (TPSA) is 46.2 Å². The van der Waals surface area contributed by atoms with E-state index >= 15 is 0 Å². The van der Waals surface area contributed by atoms with Crippen LogP contribution in [0.15, 0.2) is 34.8 Å². The largest absolute Gasteiger partial charge is 0.387 e. The second kappa shape index (κ2) is 6.88. The molecule has 0 amide bonds. The maximum Gasteiger partial charge on any atom is 0.195 e. The zero-order valence-electron chi connectivity index (χ0n) is 14.7. The molecule has 0 unspecified atom stereocenters. The highest BCUT2D eigenvalue weighted by molar-refractivity contribution is 9.10. The van der Waals surface area contributed by atoms with Crippen molar-refractivity contribution in [2.45, 2.75) is 20.3 Å². The van der Waals surface area contributed by atoms with Crippen LogP contribution >= 0.6 is 15.9 Å². The maximum atomic E-state index is 13.0. The average Bonchev–Trinajstić information content (AvgIpc) is 2.57. The van der Waals surface area contributed by atoms with E-state index < -0.39 is 0 Å².